The summed E-state index contributed by atoms with van der Waals surface area (Å²) < 4.78 is 12.2. The number of benzene rings is 2. The first-order chi connectivity index (χ1) is 12.6. The maximum atomic E-state index is 12.2. The van der Waals surface area contributed by atoms with Crippen LogP contribution in [0.25, 0.3) is 0 Å². The van der Waals surface area contributed by atoms with Crippen LogP contribution in [-0.2, 0) is 23.0 Å². The Kier molecular flexibility index (Phi) is 11.3. The summed E-state index contributed by atoms with van der Waals surface area (Å²) in [6.45, 7) is 5.71. The monoisotopic (exact) mass is 499 g/mol. The van der Waals surface area contributed by atoms with E-state index in [1.165, 1.54) is 16.7 Å². The number of hydrogen-bond acceptors (Lipinski definition) is 2. The molecule has 0 aromatic heterocycles. The summed E-state index contributed by atoms with van der Waals surface area (Å²) >= 11 is 0. The van der Waals surface area contributed by atoms with Crippen LogP contribution in [-0.4, -0.2) is 36.1 Å². The highest BCUT2D eigenvalue weighted by Crippen LogP contribution is 2.09. The maximum absolute atomic E-state index is 12.2. The van der Waals surface area contributed by atoms with Gasteiger partial charge in [-0.25, -0.2) is 0 Å². The van der Waals surface area contributed by atoms with Gasteiger partial charge in [-0.2, -0.15) is 0 Å². The molecule has 0 bridgehead atoms. The number of hydrogen-bond donors (Lipinski definition) is 2. The second kappa shape index (κ2) is 12.9. The normalized spacial score (nSPS) is 12.2. The summed E-state index contributed by atoms with van der Waals surface area (Å²) in [4.78, 5) is 4.23. The predicted octanol–water partition coefficient (Wildman–Crippen LogP) is 3.58. The Morgan fingerprint density at radius 1 is 0.963 bits per heavy atom. The number of rotatable bonds is 8. The lowest BCUT2D eigenvalue weighted by atomic mass is 10.1. The Hall–Kier alpha value is -1.41. The summed E-state index contributed by atoms with van der Waals surface area (Å²) in [5.41, 5.74) is 5.03. The van der Waals surface area contributed by atoms with E-state index in [-0.39, 0.29) is 24.0 Å². The van der Waals surface area contributed by atoms with Gasteiger partial charge in [0, 0.05) is 42.4 Å². The number of halogens is 1. The molecule has 2 rings (SSSR count). The summed E-state index contributed by atoms with van der Waals surface area (Å²) in [7, 11) is 0.882. The highest BCUT2D eigenvalue weighted by atomic mass is 127. The van der Waals surface area contributed by atoms with E-state index in [1.807, 2.05) is 30.3 Å². The minimum absolute atomic E-state index is 0. The van der Waals surface area contributed by atoms with Crippen molar-refractivity contribution in [1.82, 2.24) is 10.6 Å². The van der Waals surface area contributed by atoms with Crippen LogP contribution >= 0.6 is 24.0 Å². The summed E-state index contributed by atoms with van der Waals surface area (Å²) in [6, 6.07) is 16.6. The Labute approximate surface area is 182 Å². The molecule has 0 aliphatic rings. The molecule has 0 aliphatic heterocycles. The molecule has 0 saturated heterocycles. The lowest BCUT2D eigenvalue weighted by Crippen LogP contribution is -2.40. The average molecular weight is 499 g/mol. The molecule has 0 saturated carbocycles. The van der Waals surface area contributed by atoms with Gasteiger partial charge in [-0.05, 0) is 31.4 Å². The van der Waals surface area contributed by atoms with E-state index in [4.69, 9.17) is 0 Å². The van der Waals surface area contributed by atoms with Crippen LogP contribution in [0.5, 0.6) is 0 Å². The van der Waals surface area contributed by atoms with Gasteiger partial charge in [0.25, 0.3) is 0 Å². The van der Waals surface area contributed by atoms with Crippen molar-refractivity contribution in [1.29, 1.82) is 0 Å². The topological polar surface area (TPSA) is 53.5 Å². The lowest BCUT2D eigenvalue weighted by Gasteiger charge is -2.12. The smallest absolute Gasteiger partial charge is 0.191 e. The van der Waals surface area contributed by atoms with E-state index in [9.17, 15) is 4.21 Å². The first-order valence-electron chi connectivity index (χ1n) is 8.97. The Morgan fingerprint density at radius 3 is 2.22 bits per heavy atom. The van der Waals surface area contributed by atoms with E-state index in [2.05, 4.69) is 47.7 Å². The SMILES string of the molecule is CN=C(NCCc1cc(C)cc(C)c1)NCCS(=O)Cc1ccccc1.I. The van der Waals surface area contributed by atoms with Crippen molar-refractivity contribution in [2.24, 2.45) is 4.99 Å². The van der Waals surface area contributed by atoms with Crippen molar-refractivity contribution in [2.45, 2.75) is 26.0 Å². The largest absolute Gasteiger partial charge is 0.356 e. The van der Waals surface area contributed by atoms with Crippen LogP contribution < -0.4 is 10.6 Å². The van der Waals surface area contributed by atoms with Gasteiger partial charge in [-0.1, -0.05) is 59.7 Å². The van der Waals surface area contributed by atoms with Gasteiger partial charge in [-0.15, -0.1) is 24.0 Å². The van der Waals surface area contributed by atoms with E-state index < -0.39 is 10.8 Å². The van der Waals surface area contributed by atoms with E-state index in [0.717, 1.165) is 24.5 Å². The fourth-order valence-corrected chi connectivity index (χ4v) is 3.91. The average Bonchev–Trinajstić information content (AvgIpc) is 2.60. The number of aryl methyl sites for hydroxylation is 2. The van der Waals surface area contributed by atoms with E-state index >= 15 is 0 Å². The first kappa shape index (κ1) is 23.6. The number of nitrogens with one attached hydrogen (secondary N) is 2. The van der Waals surface area contributed by atoms with Crippen LogP contribution in [0.4, 0.5) is 0 Å². The predicted molar refractivity (Wildman–Crippen MR) is 128 cm³/mol. The summed E-state index contributed by atoms with van der Waals surface area (Å²) in [5.74, 6) is 1.96. The van der Waals surface area contributed by atoms with Crippen molar-refractivity contribution in [3.63, 3.8) is 0 Å². The van der Waals surface area contributed by atoms with Gasteiger partial charge in [0.05, 0.1) is 0 Å². The third kappa shape index (κ3) is 9.37. The maximum Gasteiger partial charge on any atom is 0.191 e. The minimum Gasteiger partial charge on any atom is -0.356 e. The molecule has 6 heteroatoms. The van der Waals surface area contributed by atoms with Crippen molar-refractivity contribution in [3.8, 4) is 0 Å². The second-order valence-electron chi connectivity index (χ2n) is 6.45. The zero-order chi connectivity index (χ0) is 18.8. The van der Waals surface area contributed by atoms with Crippen molar-refractivity contribution < 1.29 is 4.21 Å². The van der Waals surface area contributed by atoms with Gasteiger partial charge >= 0.3 is 0 Å². The quantitative estimate of drug-likeness (QED) is 0.332. The molecule has 148 valence electrons. The van der Waals surface area contributed by atoms with Crippen LogP contribution in [0.15, 0.2) is 53.5 Å². The highest BCUT2D eigenvalue weighted by Gasteiger charge is 2.03. The van der Waals surface area contributed by atoms with Crippen LogP contribution in [0.2, 0.25) is 0 Å². The Balaban J connectivity index is 0.00000364. The zero-order valence-corrected chi connectivity index (χ0v) is 19.5. The minimum atomic E-state index is -0.875. The molecule has 0 amide bonds. The lowest BCUT2D eigenvalue weighted by molar-refractivity contribution is 0.680. The van der Waals surface area contributed by atoms with Crippen molar-refractivity contribution in [3.05, 3.63) is 70.8 Å². The van der Waals surface area contributed by atoms with Gasteiger partial charge in [0.1, 0.15) is 0 Å². The molecule has 1 atom stereocenters. The molecule has 0 aliphatic carbocycles. The zero-order valence-electron chi connectivity index (χ0n) is 16.3. The number of nitrogens with zero attached hydrogens (tertiary/aromatic N) is 1. The summed E-state index contributed by atoms with van der Waals surface area (Å²) in [5, 5.41) is 6.56. The second-order valence-corrected chi connectivity index (χ2v) is 8.02. The molecule has 2 aromatic rings. The molecule has 27 heavy (non-hydrogen) atoms. The fraction of sp³-hybridized carbons (Fsp3) is 0.381. The summed E-state index contributed by atoms with van der Waals surface area (Å²) in [6.07, 6.45) is 0.948. The first-order valence-corrected chi connectivity index (χ1v) is 10.5. The van der Waals surface area contributed by atoms with Crippen LogP contribution in [0.1, 0.15) is 22.3 Å². The fourth-order valence-electron chi connectivity index (χ4n) is 2.87. The molecule has 0 radical (unpaired) electrons. The standard InChI is InChI=1S/C21H29N3OS.HI/c1-17-13-18(2)15-20(14-17)9-10-23-21(22-3)24-11-12-26(25)16-19-7-5-4-6-8-19;/h4-8,13-15H,9-12,16H2,1-3H3,(H2,22,23,24);1H. The van der Waals surface area contributed by atoms with Crippen LogP contribution in [0.3, 0.4) is 0 Å². The molecule has 0 spiro atoms. The Morgan fingerprint density at radius 2 is 1.59 bits per heavy atom. The van der Waals surface area contributed by atoms with E-state index in [1.54, 1.807) is 7.05 Å². The molecule has 4 nitrogen and oxygen atoms in total. The highest BCUT2D eigenvalue weighted by molar-refractivity contribution is 14.0. The number of aliphatic imine (C=N–C) groups is 1. The molecule has 0 fully saturated rings. The van der Waals surface area contributed by atoms with Crippen molar-refractivity contribution in [2.75, 3.05) is 25.9 Å². The third-order valence-corrected chi connectivity index (χ3v) is 5.32. The van der Waals surface area contributed by atoms with Gasteiger partial charge < -0.3 is 10.6 Å². The third-order valence-electron chi connectivity index (χ3n) is 4.00. The van der Waals surface area contributed by atoms with Gasteiger partial charge in [0.15, 0.2) is 5.96 Å². The number of guanidine groups is 1. The molecule has 2 aromatic carbocycles. The Bertz CT molecular complexity index is 730. The van der Waals surface area contributed by atoms with Crippen molar-refractivity contribution >= 4 is 40.7 Å². The molecule has 2 N–H and O–H groups in total. The van der Waals surface area contributed by atoms with Gasteiger partial charge in [0.2, 0.25) is 0 Å². The molecule has 1 unspecified atom stereocenters. The molecular formula is C21H30IN3OS. The molecule has 0 heterocycles. The van der Waals surface area contributed by atoms with E-state index in [0.29, 0.717) is 18.1 Å². The van der Waals surface area contributed by atoms with Crippen LogP contribution in [0, 0.1) is 13.8 Å². The molecular weight excluding hydrogens is 469 g/mol. The van der Waals surface area contributed by atoms with Gasteiger partial charge in [-0.3, -0.25) is 9.20 Å².